The summed E-state index contributed by atoms with van der Waals surface area (Å²) in [7, 11) is 0. The van der Waals surface area contributed by atoms with Crippen molar-refractivity contribution in [3.05, 3.63) is 144 Å². The molecular weight excluding hydrogens is 665 g/mol. The Morgan fingerprint density at radius 1 is 0.418 bits per heavy atom. The molecule has 0 radical (unpaired) electrons. The quantitative estimate of drug-likeness (QED) is 0.168. The van der Waals surface area contributed by atoms with Crippen LogP contribution in [0.15, 0.2) is 121 Å². The Morgan fingerprint density at radius 3 is 1.75 bits per heavy atom. The van der Waals surface area contributed by atoms with Crippen LogP contribution in [0.25, 0.3) is 22.3 Å². The molecule has 0 unspecified atom stereocenters. The van der Waals surface area contributed by atoms with Crippen LogP contribution in [-0.4, -0.2) is 6.71 Å². The van der Waals surface area contributed by atoms with E-state index in [-0.39, 0.29) is 28.4 Å². The van der Waals surface area contributed by atoms with Crippen molar-refractivity contribution in [2.24, 2.45) is 0 Å². The first kappa shape index (κ1) is 36.9. The highest BCUT2D eigenvalue weighted by Gasteiger charge is 2.43. The molecule has 2 aliphatic heterocycles. The van der Waals surface area contributed by atoms with Crippen LogP contribution in [0.4, 0.5) is 17.1 Å². The third-order valence-electron chi connectivity index (χ3n) is 11.7. The molecule has 6 aromatic carbocycles. The molecule has 2 nitrogen and oxygen atoms in total. The number of hydrogen-bond acceptors (Lipinski definition) is 2. The van der Waals surface area contributed by atoms with E-state index in [1.54, 1.807) is 0 Å². The highest BCUT2D eigenvalue weighted by molar-refractivity contribution is 6.99. The summed E-state index contributed by atoms with van der Waals surface area (Å²) in [6.45, 7) is 27.9. The topological polar surface area (TPSA) is 12.5 Å². The average Bonchev–Trinajstić information content (AvgIpc) is 3.13. The first-order valence-electron chi connectivity index (χ1n) is 20.1. The molecule has 3 heteroatoms. The number of benzene rings is 6. The van der Waals surface area contributed by atoms with E-state index in [1.165, 1.54) is 72.3 Å². The van der Waals surface area contributed by atoms with Gasteiger partial charge in [0.15, 0.2) is 0 Å². The Hall–Kier alpha value is -5.02. The van der Waals surface area contributed by atoms with Crippen LogP contribution in [0.3, 0.4) is 0 Å². The lowest BCUT2D eigenvalue weighted by atomic mass is 9.34. The van der Waals surface area contributed by atoms with E-state index in [2.05, 4.69) is 209 Å². The summed E-state index contributed by atoms with van der Waals surface area (Å²) < 4.78 is 6.83. The molecule has 2 aliphatic rings. The summed E-state index contributed by atoms with van der Waals surface area (Å²) in [6.07, 6.45) is 0. The molecule has 55 heavy (non-hydrogen) atoms. The molecule has 2 heterocycles. The molecule has 6 aromatic rings. The van der Waals surface area contributed by atoms with Crippen molar-refractivity contribution in [2.45, 2.75) is 105 Å². The summed E-state index contributed by atoms with van der Waals surface area (Å²) in [4.78, 5) is 2.54. The molecule has 0 saturated heterocycles. The Morgan fingerprint density at radius 2 is 1.07 bits per heavy atom. The second-order valence-electron chi connectivity index (χ2n) is 19.9. The number of anilines is 3. The van der Waals surface area contributed by atoms with E-state index in [0.29, 0.717) is 0 Å². The normalized spacial score (nSPS) is 13.9. The minimum Gasteiger partial charge on any atom is -0.458 e. The minimum atomic E-state index is -0.0302. The Labute approximate surface area is 330 Å². The number of fused-ring (bicyclic) bond motifs is 4. The fourth-order valence-corrected chi connectivity index (χ4v) is 8.63. The van der Waals surface area contributed by atoms with Gasteiger partial charge in [-0.2, -0.15) is 0 Å². The maximum Gasteiger partial charge on any atom is 0.256 e. The van der Waals surface area contributed by atoms with Gasteiger partial charge in [0, 0.05) is 16.9 Å². The molecule has 0 spiro atoms. The van der Waals surface area contributed by atoms with Gasteiger partial charge >= 0.3 is 0 Å². The highest BCUT2D eigenvalue weighted by Crippen LogP contribution is 2.47. The average molecular weight is 722 g/mol. The molecule has 0 bridgehead atoms. The van der Waals surface area contributed by atoms with Crippen molar-refractivity contribution in [1.29, 1.82) is 0 Å². The third-order valence-corrected chi connectivity index (χ3v) is 11.7. The second kappa shape index (κ2) is 12.8. The van der Waals surface area contributed by atoms with E-state index in [0.717, 1.165) is 17.2 Å². The molecule has 0 saturated carbocycles. The zero-order valence-corrected chi connectivity index (χ0v) is 35.0. The van der Waals surface area contributed by atoms with Crippen LogP contribution in [0.5, 0.6) is 11.5 Å². The van der Waals surface area contributed by atoms with Gasteiger partial charge in [0.1, 0.15) is 11.5 Å². The molecule has 8 rings (SSSR count). The second-order valence-corrected chi connectivity index (χ2v) is 19.9. The van der Waals surface area contributed by atoms with Crippen molar-refractivity contribution < 1.29 is 4.74 Å². The largest absolute Gasteiger partial charge is 0.458 e. The summed E-state index contributed by atoms with van der Waals surface area (Å²) in [5.74, 6) is 1.88. The first-order chi connectivity index (χ1) is 25.8. The van der Waals surface area contributed by atoms with E-state index in [9.17, 15) is 0 Å². The third kappa shape index (κ3) is 6.50. The lowest BCUT2D eigenvalue weighted by Crippen LogP contribution is -2.59. The Bertz CT molecular complexity index is 2450. The van der Waals surface area contributed by atoms with Crippen LogP contribution in [0.2, 0.25) is 0 Å². The van der Waals surface area contributed by atoms with E-state index in [4.69, 9.17) is 4.74 Å². The van der Waals surface area contributed by atoms with Gasteiger partial charge in [-0.3, -0.25) is 0 Å². The van der Waals surface area contributed by atoms with Crippen LogP contribution in [0.1, 0.15) is 105 Å². The SMILES string of the molecule is CC(C)(C)c1ccc2c(c1)B1c3ccc(C(C)(C)C)cc3N(c3ccc(-c4ccccc4)cc3-c3ccc(C(C)(C)C)c(C(C)(C)C)c3)c3cccc(c31)O2. The van der Waals surface area contributed by atoms with Gasteiger partial charge in [-0.15, -0.1) is 0 Å². The fourth-order valence-electron chi connectivity index (χ4n) is 8.63. The van der Waals surface area contributed by atoms with Gasteiger partial charge in [0.05, 0.1) is 5.69 Å². The summed E-state index contributed by atoms with van der Waals surface area (Å²) in [6, 6.07) is 45.8. The molecule has 0 fully saturated rings. The summed E-state index contributed by atoms with van der Waals surface area (Å²) >= 11 is 0. The zero-order valence-electron chi connectivity index (χ0n) is 35.0. The van der Waals surface area contributed by atoms with Crippen molar-refractivity contribution >= 4 is 40.2 Å². The van der Waals surface area contributed by atoms with Crippen molar-refractivity contribution in [2.75, 3.05) is 4.90 Å². The molecule has 0 aromatic heterocycles. The van der Waals surface area contributed by atoms with Crippen LogP contribution in [0, 0.1) is 0 Å². The zero-order chi connectivity index (χ0) is 39.2. The van der Waals surface area contributed by atoms with Gasteiger partial charge in [-0.1, -0.05) is 168 Å². The van der Waals surface area contributed by atoms with E-state index < -0.39 is 0 Å². The lowest BCUT2D eigenvalue weighted by molar-refractivity contribution is 0.486. The predicted octanol–water partition coefficient (Wildman–Crippen LogP) is 12.6. The maximum absolute atomic E-state index is 6.83. The molecule has 0 N–H and O–H groups in total. The van der Waals surface area contributed by atoms with Crippen LogP contribution >= 0.6 is 0 Å². The molecule has 0 amide bonds. The van der Waals surface area contributed by atoms with Crippen LogP contribution < -0.4 is 26.0 Å². The van der Waals surface area contributed by atoms with Gasteiger partial charge in [0.25, 0.3) is 6.71 Å². The van der Waals surface area contributed by atoms with Gasteiger partial charge < -0.3 is 9.64 Å². The van der Waals surface area contributed by atoms with Crippen molar-refractivity contribution in [3.8, 4) is 33.8 Å². The van der Waals surface area contributed by atoms with Gasteiger partial charge in [-0.25, -0.2) is 0 Å². The monoisotopic (exact) mass is 721 g/mol. The van der Waals surface area contributed by atoms with E-state index in [1.807, 2.05) is 0 Å². The van der Waals surface area contributed by atoms with E-state index >= 15 is 0 Å². The Kier molecular flexibility index (Phi) is 8.58. The number of hydrogen-bond donors (Lipinski definition) is 0. The summed E-state index contributed by atoms with van der Waals surface area (Å²) in [5, 5.41) is 0. The first-order valence-corrected chi connectivity index (χ1v) is 20.1. The molecule has 278 valence electrons. The maximum atomic E-state index is 6.83. The molecular formula is C52H56BNO. The molecule has 0 aliphatic carbocycles. The fraction of sp³-hybridized carbons (Fsp3) is 0.308. The predicted molar refractivity (Wildman–Crippen MR) is 238 cm³/mol. The highest BCUT2D eigenvalue weighted by atomic mass is 16.5. The Balaban J connectivity index is 1.44. The van der Waals surface area contributed by atoms with Crippen LogP contribution in [-0.2, 0) is 21.7 Å². The lowest BCUT2D eigenvalue weighted by Gasteiger charge is -2.41. The van der Waals surface area contributed by atoms with Gasteiger partial charge in [0.2, 0.25) is 0 Å². The number of nitrogens with zero attached hydrogens (tertiary/aromatic N) is 1. The minimum absolute atomic E-state index is 0.0122. The molecule has 0 atom stereocenters. The summed E-state index contributed by atoms with van der Waals surface area (Å²) in [5.41, 5.74) is 17.6. The smallest absolute Gasteiger partial charge is 0.256 e. The number of ether oxygens (including phenoxy) is 1. The standard InChI is InChI=1S/C52H56BNO/c1-49(2,3)36-24-28-46-42(31-36)53-41-26-23-37(50(4,5)6)32-45(41)54(44-19-16-20-47(55-46)48(44)53)43-27-22-34(33-17-14-13-15-18-33)29-38(43)35-21-25-39(51(7,8)9)40(30-35)52(10,11)12/h13-32H,1-12H3. The van der Waals surface area contributed by atoms with Crippen molar-refractivity contribution in [1.82, 2.24) is 0 Å². The van der Waals surface area contributed by atoms with Crippen molar-refractivity contribution in [3.63, 3.8) is 0 Å². The number of rotatable bonds is 3. The van der Waals surface area contributed by atoms with Gasteiger partial charge in [-0.05, 0) is 113 Å².